The smallest absolute Gasteiger partial charge is 0.347 e. The molecule has 3 rings (SSSR count). The Kier molecular flexibility index (Phi) is 3.26. The van der Waals surface area contributed by atoms with Crippen LogP contribution in [0.2, 0.25) is 0 Å². The minimum absolute atomic E-state index is 0.338. The zero-order chi connectivity index (χ0) is 15.0. The molecule has 2 heterocycles. The quantitative estimate of drug-likeness (QED) is 0.802. The van der Waals surface area contributed by atoms with Crippen molar-refractivity contribution >= 4 is 5.57 Å². The van der Waals surface area contributed by atoms with Gasteiger partial charge in [-0.2, -0.15) is 0 Å². The third kappa shape index (κ3) is 2.11. The Morgan fingerprint density at radius 2 is 2.00 bits per heavy atom. The second-order valence-corrected chi connectivity index (χ2v) is 5.05. The molecule has 3 heteroatoms. The molecule has 106 valence electrons. The van der Waals surface area contributed by atoms with Gasteiger partial charge in [-0.05, 0) is 18.9 Å². The van der Waals surface area contributed by atoms with Crippen molar-refractivity contribution in [1.29, 1.82) is 0 Å². The Bertz CT molecular complexity index is 769. The summed E-state index contributed by atoms with van der Waals surface area (Å²) in [6.45, 7) is 9.54. The van der Waals surface area contributed by atoms with Crippen molar-refractivity contribution in [3.8, 4) is 5.75 Å². The molecule has 0 bridgehead atoms. The van der Waals surface area contributed by atoms with Crippen LogP contribution >= 0.6 is 0 Å². The van der Waals surface area contributed by atoms with Gasteiger partial charge >= 0.3 is 5.63 Å². The summed E-state index contributed by atoms with van der Waals surface area (Å²) in [7, 11) is 0. The van der Waals surface area contributed by atoms with Gasteiger partial charge in [-0.3, -0.25) is 0 Å². The van der Waals surface area contributed by atoms with E-state index in [-0.39, 0.29) is 6.10 Å². The number of ether oxygens (including phenoxy) is 1. The first-order chi connectivity index (χ1) is 10.1. The molecule has 0 fully saturated rings. The highest BCUT2D eigenvalue weighted by Gasteiger charge is 2.34. The molecule has 0 radical (unpaired) electrons. The van der Waals surface area contributed by atoms with Crippen molar-refractivity contribution in [2.45, 2.75) is 19.4 Å². The molecule has 1 aliphatic rings. The van der Waals surface area contributed by atoms with E-state index in [0.29, 0.717) is 29.1 Å². The fourth-order valence-electron chi connectivity index (χ4n) is 2.66. The molecule has 1 unspecified atom stereocenters. The highest BCUT2D eigenvalue weighted by Crippen LogP contribution is 2.45. The van der Waals surface area contributed by atoms with Gasteiger partial charge in [0.25, 0.3) is 0 Å². The van der Waals surface area contributed by atoms with E-state index in [1.807, 2.05) is 30.3 Å². The second-order valence-electron chi connectivity index (χ2n) is 5.05. The van der Waals surface area contributed by atoms with Crippen molar-refractivity contribution < 1.29 is 9.15 Å². The molecular weight excluding hydrogens is 264 g/mol. The molecule has 0 aliphatic carbocycles. The van der Waals surface area contributed by atoms with E-state index in [1.165, 1.54) is 0 Å². The minimum atomic E-state index is -0.390. The molecule has 0 N–H and O–H groups in total. The molecule has 2 aromatic rings. The van der Waals surface area contributed by atoms with Gasteiger partial charge in [-0.1, -0.05) is 43.0 Å². The van der Waals surface area contributed by atoms with Crippen LogP contribution in [-0.2, 0) is 6.42 Å². The van der Waals surface area contributed by atoms with E-state index < -0.39 is 5.63 Å². The van der Waals surface area contributed by atoms with Crippen LogP contribution in [-0.4, -0.2) is 0 Å². The predicted molar refractivity (Wildman–Crippen MR) is 82.5 cm³/mol. The van der Waals surface area contributed by atoms with E-state index in [0.717, 1.165) is 11.1 Å². The van der Waals surface area contributed by atoms with Gasteiger partial charge in [0.2, 0.25) is 0 Å². The number of hydrogen-bond donors (Lipinski definition) is 0. The highest BCUT2D eigenvalue weighted by molar-refractivity contribution is 5.77. The lowest BCUT2D eigenvalue weighted by atomic mass is 9.98. The number of aryl methyl sites for hydroxylation is 1. The van der Waals surface area contributed by atoms with Crippen molar-refractivity contribution in [2.24, 2.45) is 0 Å². The molecule has 1 aromatic heterocycles. The molecule has 1 aliphatic heterocycles. The Morgan fingerprint density at radius 3 is 2.67 bits per heavy atom. The van der Waals surface area contributed by atoms with Crippen LogP contribution in [0.4, 0.5) is 0 Å². The lowest BCUT2D eigenvalue weighted by Gasteiger charge is -2.13. The van der Waals surface area contributed by atoms with Gasteiger partial charge in [0.15, 0.2) is 0 Å². The van der Waals surface area contributed by atoms with Crippen molar-refractivity contribution in [2.75, 3.05) is 0 Å². The van der Waals surface area contributed by atoms with Gasteiger partial charge in [-0.25, -0.2) is 4.79 Å². The van der Waals surface area contributed by atoms with Crippen LogP contribution in [0.25, 0.3) is 5.57 Å². The molecule has 3 nitrogen and oxygen atoms in total. The van der Waals surface area contributed by atoms with Crippen molar-refractivity contribution in [1.82, 2.24) is 0 Å². The minimum Gasteiger partial charge on any atom is -0.480 e. The zero-order valence-corrected chi connectivity index (χ0v) is 11.9. The first kappa shape index (κ1) is 13.4. The molecule has 0 spiro atoms. The van der Waals surface area contributed by atoms with Gasteiger partial charge in [0, 0.05) is 11.1 Å². The maximum absolute atomic E-state index is 12.1. The van der Waals surface area contributed by atoms with Crippen molar-refractivity contribution in [3.63, 3.8) is 0 Å². The molecule has 0 saturated heterocycles. The summed E-state index contributed by atoms with van der Waals surface area (Å²) in [4.78, 5) is 12.1. The zero-order valence-electron chi connectivity index (χ0n) is 11.9. The van der Waals surface area contributed by atoms with E-state index in [2.05, 4.69) is 13.2 Å². The summed E-state index contributed by atoms with van der Waals surface area (Å²) < 4.78 is 11.4. The van der Waals surface area contributed by atoms with Crippen molar-refractivity contribution in [3.05, 3.63) is 82.4 Å². The topological polar surface area (TPSA) is 39.4 Å². The SMILES string of the molecule is C=CCc1c(C)oc(=O)c2c1OC(c1ccccc1)C2=C. The fraction of sp³-hybridized carbons (Fsp3) is 0.167. The summed E-state index contributed by atoms with van der Waals surface area (Å²) in [5.74, 6) is 1.16. The van der Waals surface area contributed by atoms with Gasteiger partial charge in [0.1, 0.15) is 23.2 Å². The average Bonchev–Trinajstić information content (AvgIpc) is 2.82. The Labute approximate surface area is 123 Å². The standard InChI is InChI=1S/C18H16O3/c1-4-8-14-12(3)20-18(19)15-11(2)16(21-17(14)15)13-9-6-5-7-10-13/h4-7,9-10,16H,1-2,8H2,3H3. The van der Waals surface area contributed by atoms with Crippen LogP contribution in [0, 0.1) is 6.92 Å². The summed E-state index contributed by atoms with van der Waals surface area (Å²) >= 11 is 0. The summed E-state index contributed by atoms with van der Waals surface area (Å²) in [5.41, 5.74) is 2.54. The van der Waals surface area contributed by atoms with Crippen LogP contribution in [0.1, 0.15) is 28.6 Å². The monoisotopic (exact) mass is 280 g/mol. The summed E-state index contributed by atoms with van der Waals surface area (Å²) in [6, 6.07) is 9.74. The number of allylic oxidation sites excluding steroid dienone is 1. The molecule has 21 heavy (non-hydrogen) atoms. The third-order valence-corrected chi connectivity index (χ3v) is 3.70. The van der Waals surface area contributed by atoms with E-state index in [1.54, 1.807) is 13.0 Å². The first-order valence-corrected chi connectivity index (χ1v) is 6.81. The third-order valence-electron chi connectivity index (χ3n) is 3.70. The predicted octanol–water partition coefficient (Wildman–Crippen LogP) is 3.82. The van der Waals surface area contributed by atoms with E-state index in [4.69, 9.17) is 9.15 Å². The summed E-state index contributed by atoms with van der Waals surface area (Å²) in [5, 5.41) is 0. The highest BCUT2D eigenvalue weighted by atomic mass is 16.5. The van der Waals surface area contributed by atoms with Crippen LogP contribution in [0.3, 0.4) is 0 Å². The Hall–Kier alpha value is -2.55. The number of fused-ring (bicyclic) bond motifs is 1. The van der Waals surface area contributed by atoms with Gasteiger partial charge in [0.05, 0.1) is 0 Å². The van der Waals surface area contributed by atoms with E-state index >= 15 is 0 Å². The number of benzene rings is 1. The second kappa shape index (κ2) is 5.09. The lowest BCUT2D eigenvalue weighted by molar-refractivity contribution is 0.278. The fourth-order valence-corrected chi connectivity index (χ4v) is 2.66. The normalized spacial score (nSPS) is 16.4. The maximum atomic E-state index is 12.1. The molecular formula is C18H16O3. The van der Waals surface area contributed by atoms with Crippen LogP contribution in [0.15, 0.2) is 58.8 Å². The molecule has 0 saturated carbocycles. The van der Waals surface area contributed by atoms with Crippen LogP contribution in [0.5, 0.6) is 5.75 Å². The van der Waals surface area contributed by atoms with Gasteiger partial charge in [-0.15, -0.1) is 6.58 Å². The molecule has 1 atom stereocenters. The lowest BCUT2D eigenvalue weighted by Crippen LogP contribution is -2.07. The largest absolute Gasteiger partial charge is 0.480 e. The Balaban J connectivity index is 2.15. The Morgan fingerprint density at radius 1 is 1.29 bits per heavy atom. The molecule has 1 aromatic carbocycles. The molecule has 0 amide bonds. The van der Waals surface area contributed by atoms with E-state index in [9.17, 15) is 4.79 Å². The van der Waals surface area contributed by atoms with Gasteiger partial charge < -0.3 is 9.15 Å². The average molecular weight is 280 g/mol. The maximum Gasteiger partial charge on any atom is 0.347 e. The number of hydrogen-bond acceptors (Lipinski definition) is 3. The summed E-state index contributed by atoms with van der Waals surface area (Å²) in [6.07, 6.45) is 2.02. The van der Waals surface area contributed by atoms with Crippen LogP contribution < -0.4 is 10.4 Å². The first-order valence-electron chi connectivity index (χ1n) is 6.81. The number of rotatable bonds is 3.